The second-order valence-corrected chi connectivity index (χ2v) is 8.26. The van der Waals surface area contributed by atoms with Gasteiger partial charge in [-0.2, -0.15) is 0 Å². The third-order valence-corrected chi connectivity index (χ3v) is 2.00. The van der Waals surface area contributed by atoms with E-state index in [0.29, 0.717) is 0 Å². The molecule has 0 heterocycles. The van der Waals surface area contributed by atoms with E-state index < -0.39 is 26.5 Å². The van der Waals surface area contributed by atoms with Crippen LogP contribution < -0.4 is 0 Å². The van der Waals surface area contributed by atoms with Crippen LogP contribution in [0.4, 0.5) is 4.79 Å². The lowest BCUT2D eigenvalue weighted by atomic mass is 10.4. The molecule has 0 saturated carbocycles. The maximum atomic E-state index is 11.4. The van der Waals surface area contributed by atoms with Gasteiger partial charge >= 0.3 is 12.1 Å². The molecule has 5 nitrogen and oxygen atoms in total. The highest BCUT2D eigenvalue weighted by Gasteiger charge is 2.26. The van der Waals surface area contributed by atoms with Crippen LogP contribution in [0.5, 0.6) is 0 Å². The van der Waals surface area contributed by atoms with Crippen molar-refractivity contribution in [3.05, 3.63) is 12.8 Å². The fraction of sp³-hybridized carbons (Fsp3) is 0.556. The van der Waals surface area contributed by atoms with E-state index in [1.54, 1.807) is 0 Å². The Morgan fingerprint density at radius 1 is 1.33 bits per heavy atom. The summed E-state index contributed by atoms with van der Waals surface area (Å²) >= 11 is 0. The number of rotatable bonds is 4. The number of hydrogen-bond acceptors (Lipinski definition) is 5. The first-order valence-electron chi connectivity index (χ1n) is 4.47. The lowest BCUT2D eigenvalue weighted by molar-refractivity contribution is -0.144. The average molecular weight is 232 g/mol. The molecule has 0 saturated heterocycles. The molecule has 0 aliphatic heterocycles. The van der Waals surface area contributed by atoms with Crippen LogP contribution in [0.2, 0.25) is 19.6 Å². The van der Waals surface area contributed by atoms with Crippen LogP contribution in [0.15, 0.2) is 12.8 Å². The van der Waals surface area contributed by atoms with Crippen LogP contribution in [0.3, 0.4) is 0 Å². The first-order valence-corrected chi connectivity index (χ1v) is 7.88. The minimum atomic E-state index is -1.95. The molecule has 0 rings (SSSR count). The zero-order valence-corrected chi connectivity index (χ0v) is 10.4. The largest absolute Gasteiger partial charge is 0.517 e. The van der Waals surface area contributed by atoms with Crippen molar-refractivity contribution >= 4 is 20.4 Å². The highest BCUT2D eigenvalue weighted by Crippen LogP contribution is 2.06. The third kappa shape index (κ3) is 6.73. The molecule has 0 aromatic rings. The van der Waals surface area contributed by atoms with Gasteiger partial charge in [-0.3, -0.25) is 0 Å². The van der Waals surface area contributed by atoms with Crippen LogP contribution in [0.25, 0.3) is 0 Å². The predicted octanol–water partition coefficient (Wildman–Crippen LogP) is 2.05. The third-order valence-electron chi connectivity index (χ3n) is 1.19. The van der Waals surface area contributed by atoms with E-state index in [1.165, 1.54) is 6.92 Å². The first kappa shape index (κ1) is 13.7. The number of ether oxygens (including phenoxy) is 2. The smallest absolute Gasteiger partial charge is 0.514 e. The van der Waals surface area contributed by atoms with Crippen molar-refractivity contribution in [1.29, 1.82) is 0 Å². The molecule has 1 unspecified atom stereocenters. The molecule has 0 fully saturated rings. The van der Waals surface area contributed by atoms with Gasteiger partial charge in [-0.1, -0.05) is 6.58 Å². The molecular weight excluding hydrogens is 216 g/mol. The van der Waals surface area contributed by atoms with Gasteiger partial charge in [0.1, 0.15) is 0 Å². The van der Waals surface area contributed by atoms with E-state index in [2.05, 4.69) is 16.1 Å². The molecule has 0 amide bonds. The molecule has 0 N–H and O–H groups in total. The summed E-state index contributed by atoms with van der Waals surface area (Å²) in [5.74, 6) is -0.560. The van der Waals surface area contributed by atoms with Gasteiger partial charge in [0.05, 0.1) is 6.26 Å². The molecule has 0 aromatic heterocycles. The normalized spacial score (nSPS) is 12.5. The number of hydrogen-bond donors (Lipinski definition) is 0. The molecule has 15 heavy (non-hydrogen) atoms. The average Bonchev–Trinajstić information content (AvgIpc) is 2.00. The van der Waals surface area contributed by atoms with E-state index >= 15 is 0 Å². The molecule has 0 bridgehead atoms. The Hall–Kier alpha value is -1.30. The summed E-state index contributed by atoms with van der Waals surface area (Å²) in [4.78, 5) is 22.2. The van der Waals surface area contributed by atoms with Crippen LogP contribution in [-0.4, -0.2) is 26.5 Å². The maximum absolute atomic E-state index is 11.4. The second kappa shape index (κ2) is 5.55. The highest BCUT2D eigenvalue weighted by molar-refractivity contribution is 6.71. The van der Waals surface area contributed by atoms with Crippen LogP contribution >= 0.6 is 0 Å². The summed E-state index contributed by atoms with van der Waals surface area (Å²) in [5.41, 5.74) is 0. The van der Waals surface area contributed by atoms with Crippen LogP contribution in [0.1, 0.15) is 6.92 Å². The summed E-state index contributed by atoms with van der Waals surface area (Å²) in [5, 5.41) is 0. The fourth-order valence-corrected chi connectivity index (χ4v) is 1.44. The van der Waals surface area contributed by atoms with Gasteiger partial charge in [0.15, 0.2) is 6.10 Å². The van der Waals surface area contributed by atoms with Crippen LogP contribution in [0, 0.1) is 0 Å². The Labute approximate surface area is 90.1 Å². The minimum absolute atomic E-state index is 0.560. The SMILES string of the molecule is C=COC(=O)OC(C)C(=O)O[Si](C)(C)C. The molecular formula is C9H16O5Si. The maximum Gasteiger partial charge on any atom is 0.514 e. The Balaban J connectivity index is 4.10. The van der Waals surface area contributed by atoms with Crippen LogP contribution in [-0.2, 0) is 18.7 Å². The van der Waals surface area contributed by atoms with E-state index in [1.807, 2.05) is 19.6 Å². The van der Waals surface area contributed by atoms with Gasteiger partial charge in [0.25, 0.3) is 0 Å². The Bertz CT molecular complexity index is 256. The fourth-order valence-electron chi connectivity index (χ4n) is 0.673. The van der Waals surface area contributed by atoms with Crippen molar-refractivity contribution in [3.63, 3.8) is 0 Å². The highest BCUT2D eigenvalue weighted by atomic mass is 28.4. The monoisotopic (exact) mass is 232 g/mol. The van der Waals surface area contributed by atoms with Gasteiger partial charge in [-0.05, 0) is 26.6 Å². The molecule has 0 spiro atoms. The van der Waals surface area contributed by atoms with Crippen molar-refractivity contribution in [2.75, 3.05) is 0 Å². The minimum Gasteiger partial charge on any atom is -0.517 e. The van der Waals surface area contributed by atoms with E-state index in [4.69, 9.17) is 4.43 Å². The standard InChI is InChI=1S/C9H16O5Si/c1-6-12-9(11)13-7(2)8(10)14-15(3,4)5/h6-7H,1H2,2-5H3. The molecule has 6 heteroatoms. The Morgan fingerprint density at radius 3 is 2.27 bits per heavy atom. The quantitative estimate of drug-likeness (QED) is 0.422. The Kier molecular flexibility index (Phi) is 5.06. The molecule has 0 aliphatic rings. The summed E-state index contributed by atoms with van der Waals surface area (Å²) < 4.78 is 14.0. The van der Waals surface area contributed by atoms with Crippen molar-refractivity contribution in [3.8, 4) is 0 Å². The van der Waals surface area contributed by atoms with Gasteiger partial charge < -0.3 is 13.9 Å². The van der Waals surface area contributed by atoms with Gasteiger partial charge in [0, 0.05) is 0 Å². The van der Waals surface area contributed by atoms with E-state index in [0.717, 1.165) is 6.26 Å². The lowest BCUT2D eigenvalue weighted by Gasteiger charge is -2.20. The van der Waals surface area contributed by atoms with Gasteiger partial charge in [-0.25, -0.2) is 9.59 Å². The zero-order chi connectivity index (χ0) is 12.1. The topological polar surface area (TPSA) is 61.8 Å². The molecule has 86 valence electrons. The molecule has 0 radical (unpaired) electrons. The number of carbonyl (C=O) groups excluding carboxylic acids is 2. The molecule has 0 aromatic carbocycles. The second-order valence-electron chi connectivity index (χ2n) is 3.83. The predicted molar refractivity (Wildman–Crippen MR) is 56.7 cm³/mol. The van der Waals surface area contributed by atoms with E-state index in [9.17, 15) is 9.59 Å². The summed E-state index contributed by atoms with van der Waals surface area (Å²) in [6.45, 7) is 10.2. The zero-order valence-electron chi connectivity index (χ0n) is 9.40. The summed E-state index contributed by atoms with van der Waals surface area (Å²) in [7, 11) is -1.95. The van der Waals surface area contributed by atoms with Crippen molar-refractivity contribution < 1.29 is 23.5 Å². The van der Waals surface area contributed by atoms with Crippen molar-refractivity contribution in [2.45, 2.75) is 32.7 Å². The van der Waals surface area contributed by atoms with Crippen molar-refractivity contribution in [1.82, 2.24) is 0 Å². The van der Waals surface area contributed by atoms with Crippen molar-refractivity contribution in [2.24, 2.45) is 0 Å². The molecule has 0 aliphatic carbocycles. The van der Waals surface area contributed by atoms with Gasteiger partial charge in [-0.15, -0.1) is 0 Å². The Morgan fingerprint density at radius 2 is 1.87 bits per heavy atom. The summed E-state index contributed by atoms with van der Waals surface area (Å²) in [6.07, 6.45) is -1.01. The lowest BCUT2D eigenvalue weighted by Crippen LogP contribution is -2.36. The first-order chi connectivity index (χ1) is 6.76. The summed E-state index contributed by atoms with van der Waals surface area (Å²) in [6, 6.07) is 0. The molecule has 1 atom stereocenters. The van der Waals surface area contributed by atoms with E-state index in [-0.39, 0.29) is 0 Å². The number of carbonyl (C=O) groups is 2. The van der Waals surface area contributed by atoms with Gasteiger partial charge in [0.2, 0.25) is 8.32 Å².